The zero-order valence-electron chi connectivity index (χ0n) is 14.1. The molecule has 0 saturated carbocycles. The maximum atomic E-state index is 12.8. The SMILES string of the molecule is Cc1ccccc1C1NC(C(C)C)C(=O)N1CC(C)(C)C. The van der Waals surface area contributed by atoms with Crippen LogP contribution >= 0.6 is 0 Å². The number of nitrogens with zero attached hydrogens (tertiary/aromatic N) is 1. The lowest BCUT2D eigenvalue weighted by atomic mass is 9.95. The van der Waals surface area contributed by atoms with Crippen LogP contribution in [0, 0.1) is 18.3 Å². The van der Waals surface area contributed by atoms with Crippen LogP contribution in [-0.4, -0.2) is 23.4 Å². The van der Waals surface area contributed by atoms with Gasteiger partial charge in [0.1, 0.15) is 6.17 Å². The first-order valence-electron chi connectivity index (χ1n) is 7.83. The van der Waals surface area contributed by atoms with E-state index in [2.05, 4.69) is 59.0 Å². The van der Waals surface area contributed by atoms with E-state index in [1.165, 1.54) is 11.1 Å². The van der Waals surface area contributed by atoms with E-state index < -0.39 is 0 Å². The summed E-state index contributed by atoms with van der Waals surface area (Å²) in [5, 5.41) is 3.55. The molecule has 0 aliphatic carbocycles. The van der Waals surface area contributed by atoms with E-state index in [1.54, 1.807) is 0 Å². The number of hydrogen-bond acceptors (Lipinski definition) is 2. The molecular weight excluding hydrogens is 260 g/mol. The molecule has 2 atom stereocenters. The Kier molecular flexibility index (Phi) is 4.43. The summed E-state index contributed by atoms with van der Waals surface area (Å²) in [6.07, 6.45) is -0.00896. The minimum Gasteiger partial charge on any atom is -0.321 e. The van der Waals surface area contributed by atoms with Crippen molar-refractivity contribution in [2.45, 2.75) is 53.8 Å². The molecule has 0 aromatic heterocycles. The monoisotopic (exact) mass is 288 g/mol. The molecule has 21 heavy (non-hydrogen) atoms. The molecule has 1 aliphatic rings. The van der Waals surface area contributed by atoms with Crippen molar-refractivity contribution < 1.29 is 4.79 Å². The predicted octanol–water partition coefficient (Wildman–Crippen LogP) is 3.50. The van der Waals surface area contributed by atoms with Gasteiger partial charge in [-0.2, -0.15) is 0 Å². The summed E-state index contributed by atoms with van der Waals surface area (Å²) >= 11 is 0. The van der Waals surface area contributed by atoms with Crippen LogP contribution in [0.2, 0.25) is 0 Å². The third-order valence-corrected chi connectivity index (χ3v) is 3.99. The average Bonchev–Trinajstić information content (AvgIpc) is 2.66. The quantitative estimate of drug-likeness (QED) is 0.923. The molecule has 1 amide bonds. The highest BCUT2D eigenvalue weighted by atomic mass is 16.2. The summed E-state index contributed by atoms with van der Waals surface area (Å²) in [4.78, 5) is 14.8. The van der Waals surface area contributed by atoms with Crippen LogP contribution in [0.1, 0.15) is 51.9 Å². The van der Waals surface area contributed by atoms with Crippen LogP contribution in [0.4, 0.5) is 0 Å². The Morgan fingerprint density at radius 2 is 1.86 bits per heavy atom. The second-order valence-corrected chi connectivity index (χ2v) is 7.67. The van der Waals surface area contributed by atoms with E-state index in [-0.39, 0.29) is 23.5 Å². The van der Waals surface area contributed by atoms with Crippen molar-refractivity contribution >= 4 is 5.91 Å². The maximum absolute atomic E-state index is 12.8. The van der Waals surface area contributed by atoms with Gasteiger partial charge in [-0.25, -0.2) is 0 Å². The number of carbonyl (C=O) groups is 1. The van der Waals surface area contributed by atoms with Crippen molar-refractivity contribution in [1.29, 1.82) is 0 Å². The fraction of sp³-hybridized carbons (Fsp3) is 0.611. The molecule has 3 heteroatoms. The molecule has 0 radical (unpaired) electrons. The Labute approximate surface area is 128 Å². The van der Waals surface area contributed by atoms with Crippen molar-refractivity contribution in [3.8, 4) is 0 Å². The lowest BCUT2D eigenvalue weighted by Crippen LogP contribution is -2.38. The van der Waals surface area contributed by atoms with Gasteiger partial charge in [0.05, 0.1) is 6.04 Å². The van der Waals surface area contributed by atoms with Gasteiger partial charge in [-0.15, -0.1) is 0 Å². The van der Waals surface area contributed by atoms with Crippen molar-refractivity contribution in [1.82, 2.24) is 10.2 Å². The number of nitrogens with one attached hydrogen (secondary N) is 1. The summed E-state index contributed by atoms with van der Waals surface area (Å²) < 4.78 is 0. The number of aryl methyl sites for hydroxylation is 1. The summed E-state index contributed by atoms with van der Waals surface area (Å²) in [7, 11) is 0. The topological polar surface area (TPSA) is 32.3 Å². The van der Waals surface area contributed by atoms with E-state index in [4.69, 9.17) is 0 Å². The second kappa shape index (κ2) is 5.80. The van der Waals surface area contributed by atoms with Gasteiger partial charge in [0, 0.05) is 6.54 Å². The van der Waals surface area contributed by atoms with E-state index in [9.17, 15) is 4.79 Å². The first kappa shape index (κ1) is 16.0. The Bertz CT molecular complexity index is 516. The Morgan fingerprint density at radius 1 is 1.24 bits per heavy atom. The molecule has 1 aromatic carbocycles. The van der Waals surface area contributed by atoms with Gasteiger partial charge in [-0.3, -0.25) is 10.1 Å². The predicted molar refractivity (Wildman–Crippen MR) is 86.8 cm³/mol. The number of benzene rings is 1. The lowest BCUT2D eigenvalue weighted by molar-refractivity contribution is -0.132. The molecule has 1 fully saturated rings. The Balaban J connectivity index is 2.37. The van der Waals surface area contributed by atoms with Gasteiger partial charge in [0.25, 0.3) is 0 Å². The molecule has 1 N–H and O–H groups in total. The van der Waals surface area contributed by atoms with E-state index in [0.29, 0.717) is 5.92 Å². The van der Waals surface area contributed by atoms with E-state index >= 15 is 0 Å². The summed E-state index contributed by atoms with van der Waals surface area (Å²) in [6, 6.07) is 8.24. The van der Waals surface area contributed by atoms with Crippen molar-refractivity contribution in [3.05, 3.63) is 35.4 Å². The van der Waals surface area contributed by atoms with Crippen LogP contribution < -0.4 is 5.32 Å². The van der Waals surface area contributed by atoms with Crippen LogP contribution in [-0.2, 0) is 4.79 Å². The minimum absolute atomic E-state index is 0.00896. The number of hydrogen-bond donors (Lipinski definition) is 1. The molecular formula is C18H28N2O. The smallest absolute Gasteiger partial charge is 0.241 e. The van der Waals surface area contributed by atoms with Gasteiger partial charge in [0.2, 0.25) is 5.91 Å². The second-order valence-electron chi connectivity index (χ2n) is 7.67. The fourth-order valence-corrected chi connectivity index (χ4v) is 2.95. The third-order valence-electron chi connectivity index (χ3n) is 3.99. The van der Waals surface area contributed by atoms with Gasteiger partial charge in [-0.05, 0) is 29.4 Å². The molecule has 116 valence electrons. The van der Waals surface area contributed by atoms with Crippen LogP contribution in [0.5, 0.6) is 0 Å². The fourth-order valence-electron chi connectivity index (χ4n) is 2.95. The Morgan fingerprint density at radius 3 is 2.38 bits per heavy atom. The molecule has 2 unspecified atom stereocenters. The van der Waals surface area contributed by atoms with E-state index in [0.717, 1.165) is 6.54 Å². The molecule has 0 spiro atoms. The summed E-state index contributed by atoms with van der Waals surface area (Å²) in [6.45, 7) is 13.6. The average molecular weight is 288 g/mol. The highest BCUT2D eigenvalue weighted by molar-refractivity contribution is 5.85. The summed E-state index contributed by atoms with van der Waals surface area (Å²) in [5.74, 6) is 0.530. The van der Waals surface area contributed by atoms with Crippen LogP contribution in [0.15, 0.2) is 24.3 Å². The van der Waals surface area contributed by atoms with Gasteiger partial charge in [0.15, 0.2) is 0 Å². The summed E-state index contributed by atoms with van der Waals surface area (Å²) in [5.41, 5.74) is 2.52. The minimum atomic E-state index is -0.0862. The standard InChI is InChI=1S/C18H28N2O/c1-12(2)15-17(21)20(11-18(4,5)6)16(19-15)14-10-8-7-9-13(14)3/h7-10,12,15-16,19H,11H2,1-6H3. The first-order chi connectivity index (χ1) is 9.70. The van der Waals surface area contributed by atoms with Crippen LogP contribution in [0.3, 0.4) is 0 Å². The highest BCUT2D eigenvalue weighted by Gasteiger charge is 2.42. The van der Waals surface area contributed by atoms with Crippen molar-refractivity contribution in [2.24, 2.45) is 11.3 Å². The molecule has 0 bridgehead atoms. The van der Waals surface area contributed by atoms with Gasteiger partial charge >= 0.3 is 0 Å². The van der Waals surface area contributed by atoms with Gasteiger partial charge in [-0.1, -0.05) is 58.9 Å². The highest BCUT2D eigenvalue weighted by Crippen LogP contribution is 2.32. The molecule has 1 aromatic rings. The lowest BCUT2D eigenvalue weighted by Gasteiger charge is -2.31. The molecule has 2 rings (SSSR count). The Hall–Kier alpha value is -1.35. The van der Waals surface area contributed by atoms with Crippen LogP contribution in [0.25, 0.3) is 0 Å². The number of carbonyl (C=O) groups excluding carboxylic acids is 1. The van der Waals surface area contributed by atoms with Crippen molar-refractivity contribution in [2.75, 3.05) is 6.54 Å². The van der Waals surface area contributed by atoms with E-state index in [1.807, 2.05) is 17.0 Å². The first-order valence-corrected chi connectivity index (χ1v) is 7.83. The largest absolute Gasteiger partial charge is 0.321 e. The molecule has 1 saturated heterocycles. The maximum Gasteiger partial charge on any atom is 0.241 e. The molecule has 1 heterocycles. The third kappa shape index (κ3) is 3.46. The van der Waals surface area contributed by atoms with Gasteiger partial charge < -0.3 is 4.90 Å². The number of rotatable bonds is 3. The zero-order chi connectivity index (χ0) is 15.8. The molecule has 3 nitrogen and oxygen atoms in total. The number of amides is 1. The normalized spacial score (nSPS) is 23.2. The van der Waals surface area contributed by atoms with Crippen molar-refractivity contribution in [3.63, 3.8) is 0 Å². The zero-order valence-corrected chi connectivity index (χ0v) is 14.1. The molecule has 1 aliphatic heterocycles.